The Morgan fingerprint density at radius 2 is 1.93 bits per heavy atom. The molecule has 2 aliphatic rings. The number of rotatable bonds is 3. The minimum atomic E-state index is -0.491. The molecule has 2 aliphatic heterocycles. The summed E-state index contributed by atoms with van der Waals surface area (Å²) in [5, 5.41) is 0. The molecule has 1 aromatic carbocycles. The number of likely N-dealkylation sites (tertiary alicyclic amines) is 1. The van der Waals surface area contributed by atoms with E-state index in [2.05, 4.69) is 23.7 Å². The number of benzene rings is 1. The number of aromatic nitrogens is 2. The van der Waals surface area contributed by atoms with Crippen LogP contribution < -0.4 is 5.56 Å². The Hall–Kier alpha value is -2.54. The van der Waals surface area contributed by atoms with Gasteiger partial charge in [-0.3, -0.25) is 14.5 Å². The van der Waals surface area contributed by atoms with Crippen molar-refractivity contribution in [3.8, 4) is 0 Å². The highest BCUT2D eigenvalue weighted by molar-refractivity contribution is 5.94. The van der Waals surface area contributed by atoms with Gasteiger partial charge in [0.05, 0.1) is 11.3 Å². The molecule has 3 heterocycles. The maximum Gasteiger partial charge on any atom is 0.256 e. The molecule has 1 fully saturated rings. The zero-order valence-electron chi connectivity index (χ0n) is 16.9. The van der Waals surface area contributed by atoms with Crippen LogP contribution in [0.25, 0.3) is 0 Å². The summed E-state index contributed by atoms with van der Waals surface area (Å²) in [6.07, 6.45) is 2.14. The van der Waals surface area contributed by atoms with E-state index in [0.717, 1.165) is 30.0 Å². The van der Waals surface area contributed by atoms with E-state index in [1.165, 1.54) is 12.1 Å². The summed E-state index contributed by atoms with van der Waals surface area (Å²) >= 11 is 0. The van der Waals surface area contributed by atoms with Crippen molar-refractivity contribution in [2.75, 3.05) is 19.6 Å². The van der Waals surface area contributed by atoms with Crippen molar-refractivity contribution in [1.29, 1.82) is 0 Å². The molecular formula is C22H27FN4O2. The van der Waals surface area contributed by atoms with Crippen LogP contribution in [-0.4, -0.2) is 51.4 Å². The predicted octanol–water partition coefficient (Wildman–Crippen LogP) is 2.70. The fourth-order valence-electron chi connectivity index (χ4n) is 4.27. The Labute approximate surface area is 169 Å². The van der Waals surface area contributed by atoms with E-state index in [0.29, 0.717) is 38.5 Å². The van der Waals surface area contributed by atoms with Gasteiger partial charge in [0.25, 0.3) is 11.5 Å². The number of piperidine rings is 1. The van der Waals surface area contributed by atoms with Crippen LogP contribution in [0.15, 0.2) is 29.1 Å². The molecule has 0 unspecified atom stereocenters. The fourth-order valence-corrected chi connectivity index (χ4v) is 4.27. The minimum absolute atomic E-state index is 0.0294. The highest BCUT2D eigenvalue weighted by Gasteiger charge is 2.29. The van der Waals surface area contributed by atoms with Gasteiger partial charge in [0.1, 0.15) is 11.6 Å². The lowest BCUT2D eigenvalue weighted by Gasteiger charge is -2.33. The molecule has 0 aliphatic carbocycles. The van der Waals surface area contributed by atoms with Gasteiger partial charge in [-0.25, -0.2) is 9.37 Å². The Bertz CT molecular complexity index is 964. The molecule has 0 spiro atoms. The van der Waals surface area contributed by atoms with Gasteiger partial charge in [-0.1, -0.05) is 12.1 Å². The number of H-pyrrole nitrogens is 1. The Morgan fingerprint density at radius 1 is 1.21 bits per heavy atom. The van der Waals surface area contributed by atoms with Crippen molar-refractivity contribution in [1.82, 2.24) is 19.8 Å². The number of amides is 1. The topological polar surface area (TPSA) is 69.3 Å². The van der Waals surface area contributed by atoms with Gasteiger partial charge in [-0.05, 0) is 45.2 Å². The van der Waals surface area contributed by atoms with E-state index in [4.69, 9.17) is 4.98 Å². The highest BCUT2D eigenvalue weighted by atomic mass is 19.1. The van der Waals surface area contributed by atoms with Gasteiger partial charge in [0.15, 0.2) is 0 Å². The van der Waals surface area contributed by atoms with Crippen LogP contribution in [0, 0.1) is 5.82 Å². The molecule has 0 saturated carbocycles. The lowest BCUT2D eigenvalue weighted by molar-refractivity contribution is 0.0706. The van der Waals surface area contributed by atoms with E-state index in [-0.39, 0.29) is 22.9 Å². The number of fused-ring (bicyclic) bond motifs is 1. The number of halogens is 1. The molecule has 1 amide bonds. The van der Waals surface area contributed by atoms with Crippen LogP contribution in [0.4, 0.5) is 4.39 Å². The number of hydrogen-bond acceptors (Lipinski definition) is 4. The third-order valence-electron chi connectivity index (χ3n) is 6.12. The first-order valence-electron chi connectivity index (χ1n) is 10.3. The summed E-state index contributed by atoms with van der Waals surface area (Å²) in [5.74, 6) is 0.0560. The van der Waals surface area contributed by atoms with Crippen molar-refractivity contribution in [3.63, 3.8) is 0 Å². The van der Waals surface area contributed by atoms with Gasteiger partial charge in [0, 0.05) is 43.7 Å². The first-order valence-corrected chi connectivity index (χ1v) is 10.3. The molecule has 6 nitrogen and oxygen atoms in total. The fraction of sp³-hybridized carbons (Fsp3) is 0.500. The lowest BCUT2D eigenvalue weighted by atomic mass is 9.94. The van der Waals surface area contributed by atoms with E-state index in [1.54, 1.807) is 17.0 Å². The van der Waals surface area contributed by atoms with E-state index >= 15 is 0 Å². The van der Waals surface area contributed by atoms with Crippen LogP contribution in [0.3, 0.4) is 0 Å². The number of nitrogens with zero attached hydrogens (tertiary/aromatic N) is 3. The Kier molecular flexibility index (Phi) is 5.50. The largest absolute Gasteiger partial charge is 0.339 e. The van der Waals surface area contributed by atoms with Crippen LogP contribution in [0.5, 0.6) is 0 Å². The monoisotopic (exact) mass is 398 g/mol. The average Bonchev–Trinajstić information content (AvgIpc) is 2.73. The van der Waals surface area contributed by atoms with E-state index in [1.807, 2.05) is 0 Å². The lowest BCUT2D eigenvalue weighted by Crippen LogP contribution is -2.41. The third kappa shape index (κ3) is 3.96. The molecule has 0 radical (unpaired) electrons. The molecule has 1 N–H and O–H groups in total. The molecule has 154 valence electrons. The van der Waals surface area contributed by atoms with Crippen LogP contribution in [0.2, 0.25) is 0 Å². The van der Waals surface area contributed by atoms with Gasteiger partial charge in [0.2, 0.25) is 0 Å². The smallest absolute Gasteiger partial charge is 0.256 e. The maximum absolute atomic E-state index is 13.9. The zero-order chi connectivity index (χ0) is 20.5. The first-order chi connectivity index (χ1) is 13.9. The normalized spacial score (nSPS) is 18.1. The number of carbonyl (C=O) groups is 1. The summed E-state index contributed by atoms with van der Waals surface area (Å²) < 4.78 is 13.9. The van der Waals surface area contributed by atoms with Crippen LogP contribution in [-0.2, 0) is 13.0 Å². The van der Waals surface area contributed by atoms with Crippen LogP contribution in [0.1, 0.15) is 60.0 Å². The molecule has 0 atom stereocenters. The van der Waals surface area contributed by atoms with Crippen molar-refractivity contribution < 1.29 is 9.18 Å². The van der Waals surface area contributed by atoms with Gasteiger partial charge in [-0.2, -0.15) is 0 Å². The second-order valence-electron chi connectivity index (χ2n) is 8.24. The van der Waals surface area contributed by atoms with Gasteiger partial charge < -0.3 is 9.88 Å². The van der Waals surface area contributed by atoms with Crippen molar-refractivity contribution in [2.24, 2.45) is 0 Å². The summed E-state index contributed by atoms with van der Waals surface area (Å²) in [4.78, 5) is 37.0. The summed E-state index contributed by atoms with van der Waals surface area (Å²) in [6.45, 7) is 6.94. The number of hydrogen-bond donors (Lipinski definition) is 1. The van der Waals surface area contributed by atoms with Gasteiger partial charge in [-0.15, -0.1) is 0 Å². The summed E-state index contributed by atoms with van der Waals surface area (Å²) in [6, 6.07) is 6.50. The maximum atomic E-state index is 13.9. The third-order valence-corrected chi connectivity index (χ3v) is 6.12. The number of nitrogens with one attached hydrogen (secondary N) is 1. The van der Waals surface area contributed by atoms with Crippen molar-refractivity contribution in [2.45, 2.75) is 51.6 Å². The Morgan fingerprint density at radius 3 is 2.62 bits per heavy atom. The summed E-state index contributed by atoms with van der Waals surface area (Å²) in [5.41, 5.74) is 1.77. The number of aromatic amines is 1. The molecule has 0 bridgehead atoms. The van der Waals surface area contributed by atoms with E-state index in [9.17, 15) is 14.0 Å². The van der Waals surface area contributed by atoms with Gasteiger partial charge >= 0.3 is 0 Å². The molecule has 7 heteroatoms. The highest BCUT2D eigenvalue weighted by Crippen LogP contribution is 2.27. The zero-order valence-corrected chi connectivity index (χ0v) is 16.9. The average molecular weight is 398 g/mol. The first kappa shape index (κ1) is 19.8. The van der Waals surface area contributed by atoms with Crippen molar-refractivity contribution in [3.05, 3.63) is 63.1 Å². The molecule has 2 aromatic rings. The Balaban J connectivity index is 1.47. The predicted molar refractivity (Wildman–Crippen MR) is 108 cm³/mol. The molecular weight excluding hydrogens is 371 g/mol. The second kappa shape index (κ2) is 8.06. The van der Waals surface area contributed by atoms with Crippen LogP contribution >= 0.6 is 0 Å². The summed E-state index contributed by atoms with van der Waals surface area (Å²) in [7, 11) is 0. The number of carbonyl (C=O) groups excluding carboxylic acids is 1. The molecule has 1 saturated heterocycles. The minimum Gasteiger partial charge on any atom is -0.339 e. The molecule has 4 rings (SSSR count). The standard InChI is InChI=1S/C22H27FN4O2/c1-14(2)27-12-9-17-19(13-27)24-20(25-21(17)28)15-7-10-26(11-8-15)22(29)16-5-3-4-6-18(16)23/h3-6,14-15H,7-13H2,1-2H3,(H,24,25,28). The van der Waals surface area contributed by atoms with Crippen molar-refractivity contribution >= 4 is 5.91 Å². The quantitative estimate of drug-likeness (QED) is 0.863. The SMILES string of the molecule is CC(C)N1CCc2c(nc(C3CCN(C(=O)c4ccccc4F)CC3)[nH]c2=O)C1. The second-order valence-corrected chi connectivity index (χ2v) is 8.24. The van der Waals surface area contributed by atoms with E-state index < -0.39 is 5.82 Å². The molecule has 29 heavy (non-hydrogen) atoms. The molecule has 1 aromatic heterocycles.